The highest BCUT2D eigenvalue weighted by Gasteiger charge is 2.51. The molecule has 33 nitrogen and oxygen atoms in total. The lowest BCUT2D eigenvalue weighted by Crippen LogP contribution is -2.51. The van der Waals surface area contributed by atoms with E-state index in [9.17, 15) is 71.7 Å². The highest BCUT2D eigenvalue weighted by atomic mass is 19.3. The number of amides is 9. The van der Waals surface area contributed by atoms with Crippen molar-refractivity contribution in [1.82, 2.24) is 66.1 Å². The third-order valence-electron chi connectivity index (χ3n) is 22.3. The van der Waals surface area contributed by atoms with Gasteiger partial charge in [-0.1, -0.05) is 107 Å². The zero-order valence-corrected chi connectivity index (χ0v) is 73.6. The molecule has 10 atom stereocenters. The monoisotopic (exact) mass is 1770 g/mol. The number of hydrogen-bond acceptors (Lipinski definition) is 24. The molecule has 4 aromatic heterocycles. The average Bonchev–Trinajstić information content (AvgIpc) is 1.64. The number of nitrogens with zero attached hydrogens (tertiary/aromatic N) is 12. The van der Waals surface area contributed by atoms with Crippen molar-refractivity contribution in [2.45, 2.75) is 174 Å². The van der Waals surface area contributed by atoms with E-state index < -0.39 is 67.1 Å². The third-order valence-corrected chi connectivity index (χ3v) is 22.3. The zero-order valence-electron chi connectivity index (χ0n) is 73.6. The molecule has 4 aromatic carbocycles. The lowest BCUT2D eigenvalue weighted by atomic mass is 9.93. The van der Waals surface area contributed by atoms with Gasteiger partial charge in [0.15, 0.2) is 17.9 Å². The summed E-state index contributed by atoms with van der Waals surface area (Å²) in [5.41, 5.74) is 4.82. The van der Waals surface area contributed by atoms with Crippen LogP contribution < -0.4 is 26.6 Å². The van der Waals surface area contributed by atoms with Crippen LogP contribution in [-0.2, 0) is 46.7 Å². The van der Waals surface area contributed by atoms with Crippen LogP contribution in [0.1, 0.15) is 171 Å². The summed E-state index contributed by atoms with van der Waals surface area (Å²) in [6.45, 7) is 10.6. The first-order valence-corrected chi connectivity index (χ1v) is 42.7. The molecule has 2 aliphatic carbocycles. The number of halogens is 2. The molecule has 9 heterocycles. The number of likely N-dealkylation sites (tertiary alicyclic amines) is 3. The Morgan fingerprint density at radius 3 is 1.64 bits per heavy atom. The predicted molar refractivity (Wildman–Crippen MR) is 473 cm³/mol. The maximum Gasteiger partial charge on any atom is 0.268 e. The van der Waals surface area contributed by atoms with Crippen LogP contribution in [0.25, 0.3) is 32.4 Å². The summed E-state index contributed by atoms with van der Waals surface area (Å²) >= 11 is 0. The first kappa shape index (κ1) is 104. The van der Waals surface area contributed by atoms with Crippen molar-refractivity contribution in [3.8, 4) is 24.3 Å². The molecular formula is C94H113F2N17O16. The number of nitrogens with one attached hydrogen (secondary N) is 5. The van der Waals surface area contributed by atoms with Gasteiger partial charge in [-0.2, -0.15) is 21.0 Å². The average molecular weight is 1780 g/mol. The highest BCUT2D eigenvalue weighted by molar-refractivity contribution is 6.10. The summed E-state index contributed by atoms with van der Waals surface area (Å²) in [6.07, 6.45) is 16.6. The number of carbonyl (C=O) groups excluding carboxylic acids is 11. The van der Waals surface area contributed by atoms with Crippen molar-refractivity contribution in [3.63, 3.8) is 0 Å². The van der Waals surface area contributed by atoms with Crippen LogP contribution in [0, 0.1) is 74.9 Å². The second-order valence-corrected chi connectivity index (χ2v) is 30.1. The normalized spacial score (nSPS) is 19.8. The molecule has 129 heavy (non-hydrogen) atoms. The van der Waals surface area contributed by atoms with Gasteiger partial charge in [0.1, 0.15) is 24.2 Å². The van der Waals surface area contributed by atoms with E-state index in [-0.39, 0.29) is 115 Å². The van der Waals surface area contributed by atoms with Crippen molar-refractivity contribution in [3.05, 3.63) is 192 Å². The molecule has 7 aliphatic rings. The number of nitriles is 4. The van der Waals surface area contributed by atoms with Gasteiger partial charge in [-0.3, -0.25) is 72.7 Å². The molecule has 0 bridgehead atoms. The molecule has 6 fully saturated rings. The Bertz CT molecular complexity index is 4950. The Morgan fingerprint density at radius 2 is 1.05 bits per heavy atom. The number of aromatic nitrogens is 4. The summed E-state index contributed by atoms with van der Waals surface area (Å²) < 4.78 is 27.2. The fourth-order valence-corrected chi connectivity index (χ4v) is 16.0. The molecule has 9 amide bonds. The second kappa shape index (κ2) is 53.2. The fraction of sp³-hybridized carbons (Fsp3) is 0.436. The number of aliphatic hydroxyl groups is 5. The summed E-state index contributed by atoms with van der Waals surface area (Å²) in [5, 5.41) is 93.0. The number of Topliss-reactive ketones (excluding diaryl/α,β-unsaturated/α-hetero) is 2. The van der Waals surface area contributed by atoms with Gasteiger partial charge in [0, 0.05) is 154 Å². The van der Waals surface area contributed by atoms with Gasteiger partial charge in [0.2, 0.25) is 29.5 Å². The van der Waals surface area contributed by atoms with Crippen molar-refractivity contribution in [1.29, 1.82) is 21.0 Å². The first-order chi connectivity index (χ1) is 62.4. The molecule has 4 saturated heterocycles. The van der Waals surface area contributed by atoms with E-state index in [0.717, 1.165) is 121 Å². The number of para-hydroxylation sites is 1. The quantitative estimate of drug-likeness (QED) is 0.0364. The van der Waals surface area contributed by atoms with Crippen LogP contribution in [0.4, 0.5) is 8.78 Å². The zero-order chi connectivity index (χ0) is 94.9. The Hall–Kier alpha value is -13.6. The number of alkyl halides is 2. The largest absolute Gasteiger partial charge is 0.400 e. The van der Waals surface area contributed by atoms with E-state index >= 15 is 0 Å². The van der Waals surface area contributed by atoms with Gasteiger partial charge in [-0.15, -0.1) is 0 Å². The molecule has 5 aliphatic heterocycles. The number of ketones is 2. The number of hydrogen-bond donors (Lipinski definition) is 10. The highest BCUT2D eigenvalue weighted by Crippen LogP contribution is 2.36. The maximum atomic E-state index is 13.6. The summed E-state index contributed by atoms with van der Waals surface area (Å²) in [4.78, 5) is 157. The van der Waals surface area contributed by atoms with Crippen LogP contribution in [0.15, 0.2) is 159 Å². The minimum atomic E-state index is -3.11. The van der Waals surface area contributed by atoms with Gasteiger partial charge in [0.25, 0.3) is 29.6 Å². The molecule has 2 unspecified atom stereocenters. The van der Waals surface area contributed by atoms with E-state index in [1.807, 2.05) is 100 Å². The number of benzene rings is 4. The first-order valence-electron chi connectivity index (χ1n) is 42.7. The molecule has 684 valence electrons. The van der Waals surface area contributed by atoms with Gasteiger partial charge in [-0.05, 0) is 135 Å². The SMILES string of the molecule is CC.CC.CO.CO.CO.C[C@@H](NC(=O)c1ccncc1)C(=O)N1CCC[C@H]1C(O)O.N#C[C@@H]1CC(F)(F)CN1C(=O)[C@@H]1C[C@@H](CC(=O)N2Cc3ccccc3C2)C(=O)N1.N#C[C@@H]1CCCC1C(=O)CNC(=O)c1cccc2ccncc12.N#C[C@@H]1CCCC1C(=O)CNC(=O)c1cccc2cnccc12.N#C[C@@H]1CCCN1C(=O)CNC(=O)c1ccnc2ccccc12. The topological polar surface area (TPSA) is 509 Å². The molecule has 0 spiro atoms. The lowest BCUT2D eigenvalue weighted by Gasteiger charge is -2.28. The van der Waals surface area contributed by atoms with Gasteiger partial charge < -0.3 is 71.7 Å². The smallest absolute Gasteiger partial charge is 0.268 e. The van der Waals surface area contributed by atoms with Gasteiger partial charge in [0.05, 0.1) is 79.4 Å². The van der Waals surface area contributed by atoms with Crippen LogP contribution in [0.5, 0.6) is 0 Å². The number of rotatable bonds is 18. The number of pyridine rings is 4. The van der Waals surface area contributed by atoms with Gasteiger partial charge >= 0.3 is 0 Å². The molecule has 10 N–H and O–H groups in total. The van der Waals surface area contributed by atoms with Crippen LogP contribution in [0.2, 0.25) is 0 Å². The van der Waals surface area contributed by atoms with Crippen LogP contribution in [0.3, 0.4) is 0 Å². The summed E-state index contributed by atoms with van der Waals surface area (Å²) in [7, 11) is 3.00. The Balaban J connectivity index is 0.000000243. The van der Waals surface area contributed by atoms with E-state index in [0.29, 0.717) is 61.3 Å². The summed E-state index contributed by atoms with van der Waals surface area (Å²) in [5.74, 6) is -7.89. The van der Waals surface area contributed by atoms with E-state index in [2.05, 4.69) is 64.7 Å². The molecule has 8 aromatic rings. The van der Waals surface area contributed by atoms with Crippen LogP contribution in [-0.4, -0.2) is 233 Å². The molecule has 0 radical (unpaired) electrons. The maximum absolute atomic E-state index is 13.6. The minimum absolute atomic E-state index is 0.0247. The van der Waals surface area contributed by atoms with E-state index in [4.69, 9.17) is 36.4 Å². The standard InChI is InChI=1S/C20H20F2N4O3.2C18H17N3O2.C17H16N4O2.C14H19N3O4.2C2H6.3CH4O/c21-20(22)7-15(8-23)26(11-20)19(29)16-5-14(18(28)24-16)6-17(27)25-9-12-3-1-2-4-13(12)10-25;19-9-13-4-2-5-14(13)17(22)11-21-18(23)15-6-1-3-12-7-8-20-10-16(12)15;19-9-12-3-1-5-15(12)17(22)11-21-18(23)16-6-2-4-13-10-20-8-7-14(13)16;18-10-12-4-3-9-21(12)16(22)11-20-17(23)14-7-8-19-15-6-2-1-5-13(14)15;1-9(16-12(18)10-4-6-15-7-5-10)13(19)17-8-2-3-11(17)14(20)21;5*1-2/h1-4,14-16H,5-7,9-11H2,(H,24,28);1,3,6-8,10,13-14H,2,4-5,11H2,(H,21,23);2,4,6-8,10,12,15H,1,3,5,11H2,(H,21,23);1-2,5-8,12H,3-4,9,11H2,(H,20,23);4-7,9,11,14,20-21H,2-3,8H2,1H3,(H,16,18);2*1-2H3;3*2H,1H3/t14-,15-,16-;13-,14?;12-,15?;12-;9-,11+;;;;;/m00001...../s1. The second-order valence-electron chi connectivity index (χ2n) is 30.1. The Kier molecular flexibility index (Phi) is 43.0. The molecule has 15 rings (SSSR count). The van der Waals surface area contributed by atoms with Crippen LogP contribution >= 0.6 is 0 Å². The number of aliphatic hydroxyl groups excluding tert-OH is 4. The van der Waals surface area contributed by atoms with Crippen molar-refractivity contribution < 1.29 is 87.1 Å². The molecular weight excluding hydrogens is 1660 g/mol. The fourth-order valence-electron chi connectivity index (χ4n) is 16.0. The predicted octanol–water partition coefficient (Wildman–Crippen LogP) is 7.99. The van der Waals surface area contributed by atoms with E-state index in [1.165, 1.54) is 22.2 Å². The Labute approximate surface area is 747 Å². The number of carbonyl (C=O) groups is 11. The lowest BCUT2D eigenvalue weighted by molar-refractivity contribution is -0.144. The van der Waals surface area contributed by atoms with Crippen molar-refractivity contribution in [2.75, 3.05) is 60.6 Å². The molecule has 2 saturated carbocycles. The van der Waals surface area contributed by atoms with Gasteiger partial charge in [-0.25, -0.2) is 8.78 Å². The minimum Gasteiger partial charge on any atom is -0.400 e. The molecule has 35 heteroatoms. The van der Waals surface area contributed by atoms with Crippen molar-refractivity contribution >= 4 is 97.2 Å². The van der Waals surface area contributed by atoms with Crippen molar-refractivity contribution in [2.24, 2.45) is 29.6 Å². The summed E-state index contributed by atoms with van der Waals surface area (Å²) in [6, 6.07) is 38.7. The number of fused-ring (bicyclic) bond motifs is 4. The Morgan fingerprint density at radius 1 is 0.527 bits per heavy atom. The van der Waals surface area contributed by atoms with E-state index in [1.54, 1.807) is 91.3 Å². The third kappa shape index (κ3) is 28.5.